The number of methoxy groups -OCH3 is 1. The molecule has 2 heterocycles. The number of nitrogens with zero attached hydrogens (tertiary/aromatic N) is 1. The molecule has 1 amide bonds. The molecule has 0 saturated carbocycles. The zero-order chi connectivity index (χ0) is 20.3. The Morgan fingerprint density at radius 1 is 1.14 bits per heavy atom. The minimum Gasteiger partial charge on any atom is -0.464 e. The molecular formula is C20H20N2O6. The Kier molecular flexibility index (Phi) is 5.49. The number of ether oxygens (including phenoxy) is 2. The van der Waals surface area contributed by atoms with E-state index in [0.29, 0.717) is 22.5 Å². The van der Waals surface area contributed by atoms with Gasteiger partial charge in [0.25, 0.3) is 0 Å². The zero-order valence-electron chi connectivity index (χ0n) is 15.8. The number of para-hydroxylation sites is 1. The molecular weight excluding hydrogens is 364 g/mol. The van der Waals surface area contributed by atoms with Crippen molar-refractivity contribution in [2.75, 3.05) is 19.0 Å². The Balaban J connectivity index is 1.88. The highest BCUT2D eigenvalue weighted by molar-refractivity contribution is 6.02. The van der Waals surface area contributed by atoms with Gasteiger partial charge in [0.2, 0.25) is 5.91 Å². The van der Waals surface area contributed by atoms with E-state index in [1.807, 2.05) is 0 Å². The van der Waals surface area contributed by atoms with Gasteiger partial charge in [-0.05, 0) is 26.0 Å². The van der Waals surface area contributed by atoms with Gasteiger partial charge >= 0.3 is 11.9 Å². The van der Waals surface area contributed by atoms with Crippen molar-refractivity contribution in [3.05, 3.63) is 53.4 Å². The summed E-state index contributed by atoms with van der Waals surface area (Å²) in [7, 11) is 1.27. The second-order valence-corrected chi connectivity index (χ2v) is 6.03. The molecule has 0 fully saturated rings. The summed E-state index contributed by atoms with van der Waals surface area (Å²) in [6.45, 7) is 3.55. The number of fused-ring (bicyclic) bond motifs is 1. The summed E-state index contributed by atoms with van der Waals surface area (Å²) in [4.78, 5) is 36.8. The van der Waals surface area contributed by atoms with Crippen LogP contribution in [0, 0.1) is 6.92 Å². The van der Waals surface area contributed by atoms with Crippen LogP contribution in [0.3, 0.4) is 0 Å². The van der Waals surface area contributed by atoms with Crippen LogP contribution < -0.4 is 5.32 Å². The SMILES string of the molecule is CCOC(=O)c1ccccc1NC(=O)Cn1c(C(=O)OC)cc2oc(C)cc21. The average molecular weight is 384 g/mol. The van der Waals surface area contributed by atoms with Crippen LogP contribution in [0.25, 0.3) is 11.1 Å². The molecule has 8 heteroatoms. The van der Waals surface area contributed by atoms with Crippen molar-refractivity contribution in [3.8, 4) is 0 Å². The molecule has 0 aliphatic rings. The third-order valence-corrected chi connectivity index (χ3v) is 4.11. The summed E-state index contributed by atoms with van der Waals surface area (Å²) in [6.07, 6.45) is 0. The van der Waals surface area contributed by atoms with Crippen molar-refractivity contribution in [1.82, 2.24) is 4.57 Å². The molecule has 0 atom stereocenters. The number of esters is 2. The van der Waals surface area contributed by atoms with Gasteiger partial charge < -0.3 is 23.8 Å². The number of carbonyl (C=O) groups excluding carboxylic acids is 3. The second kappa shape index (κ2) is 7.99. The number of nitrogens with one attached hydrogen (secondary N) is 1. The van der Waals surface area contributed by atoms with Gasteiger partial charge in [0, 0.05) is 12.1 Å². The van der Waals surface area contributed by atoms with E-state index in [0.717, 1.165) is 0 Å². The molecule has 146 valence electrons. The Morgan fingerprint density at radius 2 is 1.89 bits per heavy atom. The van der Waals surface area contributed by atoms with E-state index >= 15 is 0 Å². The summed E-state index contributed by atoms with van der Waals surface area (Å²) < 4.78 is 16.9. The second-order valence-electron chi connectivity index (χ2n) is 6.03. The van der Waals surface area contributed by atoms with Crippen molar-refractivity contribution in [2.45, 2.75) is 20.4 Å². The van der Waals surface area contributed by atoms with Gasteiger partial charge in [-0.2, -0.15) is 0 Å². The third kappa shape index (κ3) is 3.75. The van der Waals surface area contributed by atoms with E-state index in [4.69, 9.17) is 13.9 Å². The number of hydrogen-bond donors (Lipinski definition) is 1. The number of benzene rings is 1. The smallest absolute Gasteiger partial charge is 0.354 e. The minimum absolute atomic E-state index is 0.163. The topological polar surface area (TPSA) is 99.8 Å². The van der Waals surface area contributed by atoms with Gasteiger partial charge in [-0.3, -0.25) is 4.79 Å². The lowest BCUT2D eigenvalue weighted by Crippen LogP contribution is -2.23. The van der Waals surface area contributed by atoms with Gasteiger partial charge in [-0.25, -0.2) is 9.59 Å². The van der Waals surface area contributed by atoms with Gasteiger partial charge in [-0.1, -0.05) is 12.1 Å². The molecule has 1 N–H and O–H groups in total. The van der Waals surface area contributed by atoms with E-state index in [9.17, 15) is 14.4 Å². The molecule has 28 heavy (non-hydrogen) atoms. The van der Waals surface area contributed by atoms with Crippen LogP contribution in [0.15, 0.2) is 40.8 Å². The lowest BCUT2D eigenvalue weighted by Gasteiger charge is -2.12. The number of anilines is 1. The normalized spacial score (nSPS) is 10.7. The summed E-state index contributed by atoms with van der Waals surface area (Å²) in [5.74, 6) is -0.868. The molecule has 3 rings (SSSR count). The lowest BCUT2D eigenvalue weighted by atomic mass is 10.2. The monoisotopic (exact) mass is 384 g/mol. The first-order valence-electron chi connectivity index (χ1n) is 8.68. The third-order valence-electron chi connectivity index (χ3n) is 4.11. The van der Waals surface area contributed by atoms with Crippen LogP contribution in [-0.2, 0) is 20.8 Å². The molecule has 0 aliphatic carbocycles. The highest BCUT2D eigenvalue weighted by Gasteiger charge is 2.21. The summed E-state index contributed by atoms with van der Waals surface area (Å²) >= 11 is 0. The van der Waals surface area contributed by atoms with Gasteiger partial charge in [0.05, 0.1) is 30.5 Å². The van der Waals surface area contributed by atoms with Crippen molar-refractivity contribution in [3.63, 3.8) is 0 Å². The number of carbonyl (C=O) groups is 3. The molecule has 2 aromatic heterocycles. The number of aromatic nitrogens is 1. The lowest BCUT2D eigenvalue weighted by molar-refractivity contribution is -0.116. The highest BCUT2D eigenvalue weighted by Crippen LogP contribution is 2.25. The molecule has 8 nitrogen and oxygen atoms in total. The fourth-order valence-corrected chi connectivity index (χ4v) is 2.92. The Morgan fingerprint density at radius 3 is 2.61 bits per heavy atom. The molecule has 3 aromatic rings. The van der Waals surface area contributed by atoms with E-state index in [2.05, 4.69) is 5.32 Å². The first-order valence-corrected chi connectivity index (χ1v) is 8.68. The van der Waals surface area contributed by atoms with Crippen LogP contribution in [0.5, 0.6) is 0 Å². The number of hydrogen-bond acceptors (Lipinski definition) is 6. The Labute approximate surface area is 161 Å². The first kappa shape index (κ1) is 19.2. The van der Waals surface area contributed by atoms with Crippen LogP contribution in [0.2, 0.25) is 0 Å². The van der Waals surface area contributed by atoms with E-state index in [1.54, 1.807) is 44.2 Å². The van der Waals surface area contributed by atoms with Crippen LogP contribution in [0.1, 0.15) is 33.5 Å². The molecule has 0 radical (unpaired) electrons. The highest BCUT2D eigenvalue weighted by atomic mass is 16.5. The van der Waals surface area contributed by atoms with Crippen molar-refractivity contribution in [2.24, 2.45) is 0 Å². The maximum absolute atomic E-state index is 12.7. The Bertz CT molecular complexity index is 1050. The standard InChI is InChI=1S/C20H20N2O6/c1-4-27-19(24)13-7-5-6-8-14(13)21-18(23)11-22-15-9-12(2)28-17(15)10-16(22)20(25)26-3/h5-10H,4,11H2,1-3H3,(H,21,23). The number of amides is 1. The largest absolute Gasteiger partial charge is 0.464 e. The van der Waals surface area contributed by atoms with Crippen molar-refractivity contribution in [1.29, 1.82) is 0 Å². The van der Waals surface area contributed by atoms with Gasteiger partial charge in [-0.15, -0.1) is 0 Å². The number of aryl methyl sites for hydroxylation is 1. The fourth-order valence-electron chi connectivity index (χ4n) is 2.92. The maximum atomic E-state index is 12.7. The predicted octanol–water partition coefficient (Wildman–Crippen LogP) is 3.14. The maximum Gasteiger partial charge on any atom is 0.354 e. The number of furan rings is 1. The minimum atomic E-state index is -0.580. The van der Waals surface area contributed by atoms with Crippen LogP contribution in [0.4, 0.5) is 5.69 Å². The molecule has 0 saturated heterocycles. The van der Waals surface area contributed by atoms with Crippen molar-refractivity contribution < 1.29 is 28.3 Å². The Hall–Kier alpha value is -3.55. The molecule has 0 unspecified atom stereocenters. The molecule has 0 bridgehead atoms. The summed E-state index contributed by atoms with van der Waals surface area (Å²) in [6, 6.07) is 9.83. The first-order chi connectivity index (χ1) is 13.4. The summed E-state index contributed by atoms with van der Waals surface area (Å²) in [5.41, 5.74) is 1.87. The van der Waals surface area contributed by atoms with Crippen molar-refractivity contribution >= 4 is 34.6 Å². The molecule has 1 aromatic carbocycles. The fraction of sp³-hybridized carbons (Fsp3) is 0.250. The molecule has 0 spiro atoms. The zero-order valence-corrected chi connectivity index (χ0v) is 15.8. The average Bonchev–Trinajstić information content (AvgIpc) is 3.18. The molecule has 0 aliphatic heterocycles. The van der Waals surface area contributed by atoms with E-state index in [1.165, 1.54) is 17.7 Å². The van der Waals surface area contributed by atoms with Gasteiger partial charge in [0.1, 0.15) is 18.0 Å². The summed E-state index contributed by atoms with van der Waals surface area (Å²) in [5, 5.41) is 2.70. The van der Waals surface area contributed by atoms with E-state index in [-0.39, 0.29) is 24.4 Å². The van der Waals surface area contributed by atoms with Crippen LogP contribution >= 0.6 is 0 Å². The van der Waals surface area contributed by atoms with E-state index < -0.39 is 17.8 Å². The quantitative estimate of drug-likeness (QED) is 0.656. The number of rotatable bonds is 6. The van der Waals surface area contributed by atoms with Gasteiger partial charge in [0.15, 0.2) is 5.58 Å². The predicted molar refractivity (Wildman–Crippen MR) is 101 cm³/mol. The van der Waals surface area contributed by atoms with Crippen LogP contribution in [-0.4, -0.2) is 36.1 Å².